The van der Waals surface area contributed by atoms with Crippen molar-refractivity contribution in [3.63, 3.8) is 0 Å². The van der Waals surface area contributed by atoms with Crippen LogP contribution in [0.3, 0.4) is 0 Å². The largest absolute Gasteiger partial charge is 0.495 e. The van der Waals surface area contributed by atoms with E-state index in [9.17, 15) is 0 Å². The van der Waals surface area contributed by atoms with Crippen molar-refractivity contribution in [1.29, 1.82) is 0 Å². The van der Waals surface area contributed by atoms with Crippen LogP contribution >= 0.6 is 0 Å². The van der Waals surface area contributed by atoms with Crippen LogP contribution in [-0.2, 0) is 0 Å². The highest BCUT2D eigenvalue weighted by molar-refractivity contribution is 5.63. The molecule has 4 nitrogen and oxygen atoms in total. The molecule has 82 valence electrons. The Morgan fingerprint density at radius 2 is 1.94 bits per heavy atom. The Labute approximate surface area is 94.3 Å². The molecule has 0 saturated heterocycles. The Bertz CT molecular complexity index is 468. The third-order valence-corrected chi connectivity index (χ3v) is 2.15. The molecular formula is C12H13N3O. The first-order chi connectivity index (χ1) is 7.79. The van der Waals surface area contributed by atoms with Crippen LogP contribution in [0.5, 0.6) is 5.75 Å². The zero-order valence-electron chi connectivity index (χ0n) is 9.27. The number of nitrogens with zero attached hydrogens (tertiary/aromatic N) is 2. The highest BCUT2D eigenvalue weighted by Gasteiger charge is 2.02. The van der Waals surface area contributed by atoms with Gasteiger partial charge in [-0.3, -0.25) is 4.98 Å². The van der Waals surface area contributed by atoms with Gasteiger partial charge < -0.3 is 10.1 Å². The third kappa shape index (κ3) is 2.28. The number of anilines is 2. The SMILES string of the molecule is COc1ccccc1Nc1cnc(C)cn1. The molecule has 2 aromatic rings. The summed E-state index contributed by atoms with van der Waals surface area (Å²) in [4.78, 5) is 8.38. The van der Waals surface area contributed by atoms with E-state index in [0.29, 0.717) is 5.82 Å². The minimum absolute atomic E-state index is 0.704. The van der Waals surface area contributed by atoms with Crippen molar-refractivity contribution < 1.29 is 4.74 Å². The number of aromatic nitrogens is 2. The van der Waals surface area contributed by atoms with Crippen LogP contribution in [0.15, 0.2) is 36.7 Å². The smallest absolute Gasteiger partial charge is 0.148 e. The van der Waals surface area contributed by atoms with E-state index in [4.69, 9.17) is 4.74 Å². The summed E-state index contributed by atoms with van der Waals surface area (Å²) in [5.41, 5.74) is 1.77. The molecule has 0 aliphatic carbocycles. The summed E-state index contributed by atoms with van der Waals surface area (Å²) in [6, 6.07) is 7.68. The van der Waals surface area contributed by atoms with Crippen LogP contribution in [0.25, 0.3) is 0 Å². The number of rotatable bonds is 3. The van der Waals surface area contributed by atoms with Gasteiger partial charge in [0.15, 0.2) is 0 Å². The van der Waals surface area contributed by atoms with Crippen LogP contribution in [0.2, 0.25) is 0 Å². The van der Waals surface area contributed by atoms with Crippen LogP contribution in [0, 0.1) is 6.92 Å². The predicted octanol–water partition coefficient (Wildman–Crippen LogP) is 2.54. The zero-order chi connectivity index (χ0) is 11.4. The molecular weight excluding hydrogens is 202 g/mol. The molecule has 0 atom stereocenters. The average Bonchev–Trinajstić information content (AvgIpc) is 2.33. The summed E-state index contributed by atoms with van der Waals surface area (Å²) in [6.07, 6.45) is 3.42. The van der Waals surface area contributed by atoms with Crippen LogP contribution in [0.4, 0.5) is 11.5 Å². The number of ether oxygens (including phenoxy) is 1. The van der Waals surface area contributed by atoms with E-state index < -0.39 is 0 Å². The molecule has 0 unspecified atom stereocenters. The van der Waals surface area contributed by atoms with E-state index in [1.54, 1.807) is 19.5 Å². The molecule has 1 aromatic carbocycles. The number of methoxy groups -OCH3 is 1. The highest BCUT2D eigenvalue weighted by Crippen LogP contribution is 2.25. The van der Waals surface area contributed by atoms with Gasteiger partial charge in [0, 0.05) is 0 Å². The molecule has 0 spiro atoms. The lowest BCUT2D eigenvalue weighted by molar-refractivity contribution is 0.417. The fourth-order valence-corrected chi connectivity index (χ4v) is 1.34. The summed E-state index contributed by atoms with van der Waals surface area (Å²) in [6.45, 7) is 1.90. The van der Waals surface area contributed by atoms with Crippen molar-refractivity contribution in [2.75, 3.05) is 12.4 Å². The van der Waals surface area contributed by atoms with Crippen molar-refractivity contribution in [2.24, 2.45) is 0 Å². The van der Waals surface area contributed by atoms with Crippen molar-refractivity contribution in [3.05, 3.63) is 42.4 Å². The Morgan fingerprint density at radius 3 is 2.62 bits per heavy atom. The molecule has 16 heavy (non-hydrogen) atoms. The van der Waals surface area contributed by atoms with Gasteiger partial charge in [-0.05, 0) is 19.1 Å². The van der Waals surface area contributed by atoms with Gasteiger partial charge in [0.25, 0.3) is 0 Å². The number of aryl methyl sites for hydroxylation is 1. The summed E-state index contributed by atoms with van der Waals surface area (Å²) in [5, 5.41) is 3.15. The number of nitrogens with one attached hydrogen (secondary N) is 1. The number of hydrogen-bond acceptors (Lipinski definition) is 4. The average molecular weight is 215 g/mol. The van der Waals surface area contributed by atoms with E-state index in [-0.39, 0.29) is 0 Å². The van der Waals surface area contributed by atoms with Crippen molar-refractivity contribution in [2.45, 2.75) is 6.92 Å². The van der Waals surface area contributed by atoms with Gasteiger partial charge in [-0.15, -0.1) is 0 Å². The van der Waals surface area contributed by atoms with Gasteiger partial charge >= 0.3 is 0 Å². The second-order valence-corrected chi connectivity index (χ2v) is 3.37. The fraction of sp³-hybridized carbons (Fsp3) is 0.167. The number of para-hydroxylation sites is 2. The maximum Gasteiger partial charge on any atom is 0.148 e. The maximum atomic E-state index is 5.23. The van der Waals surface area contributed by atoms with Crippen molar-refractivity contribution in [1.82, 2.24) is 9.97 Å². The van der Waals surface area contributed by atoms with Gasteiger partial charge in [0.05, 0.1) is 30.9 Å². The van der Waals surface area contributed by atoms with E-state index in [1.807, 2.05) is 31.2 Å². The van der Waals surface area contributed by atoms with E-state index in [2.05, 4.69) is 15.3 Å². The Balaban J connectivity index is 2.23. The number of hydrogen-bond donors (Lipinski definition) is 1. The normalized spacial score (nSPS) is 9.88. The van der Waals surface area contributed by atoms with Crippen LogP contribution in [-0.4, -0.2) is 17.1 Å². The molecule has 0 saturated carbocycles. The second kappa shape index (κ2) is 4.61. The van der Waals surface area contributed by atoms with Gasteiger partial charge in [-0.1, -0.05) is 12.1 Å². The van der Waals surface area contributed by atoms with Gasteiger partial charge in [0.1, 0.15) is 11.6 Å². The molecule has 1 aromatic heterocycles. The van der Waals surface area contributed by atoms with E-state index >= 15 is 0 Å². The minimum Gasteiger partial charge on any atom is -0.495 e. The molecule has 1 heterocycles. The maximum absolute atomic E-state index is 5.23. The monoisotopic (exact) mass is 215 g/mol. The molecule has 0 amide bonds. The standard InChI is InChI=1S/C12H13N3O/c1-9-7-14-12(8-13-9)15-10-5-3-4-6-11(10)16-2/h3-8H,1-2H3,(H,14,15). The fourth-order valence-electron chi connectivity index (χ4n) is 1.34. The van der Waals surface area contributed by atoms with Crippen LogP contribution in [0.1, 0.15) is 5.69 Å². The molecule has 1 N–H and O–H groups in total. The van der Waals surface area contributed by atoms with E-state index in [1.165, 1.54) is 0 Å². The predicted molar refractivity (Wildman–Crippen MR) is 63.0 cm³/mol. The van der Waals surface area contributed by atoms with Gasteiger partial charge in [0.2, 0.25) is 0 Å². The zero-order valence-corrected chi connectivity index (χ0v) is 9.27. The molecule has 0 radical (unpaired) electrons. The highest BCUT2D eigenvalue weighted by atomic mass is 16.5. The summed E-state index contributed by atoms with van der Waals surface area (Å²) < 4.78 is 5.23. The Kier molecular flexibility index (Phi) is 3.00. The summed E-state index contributed by atoms with van der Waals surface area (Å²) in [7, 11) is 1.64. The minimum atomic E-state index is 0.704. The van der Waals surface area contributed by atoms with Crippen molar-refractivity contribution >= 4 is 11.5 Å². The first kappa shape index (κ1) is 10.4. The Hall–Kier alpha value is -2.10. The first-order valence-corrected chi connectivity index (χ1v) is 4.98. The summed E-state index contributed by atoms with van der Waals surface area (Å²) >= 11 is 0. The van der Waals surface area contributed by atoms with E-state index in [0.717, 1.165) is 17.1 Å². The molecule has 0 aliphatic heterocycles. The number of benzene rings is 1. The second-order valence-electron chi connectivity index (χ2n) is 3.37. The molecule has 0 aliphatic rings. The van der Waals surface area contributed by atoms with Crippen LogP contribution < -0.4 is 10.1 Å². The van der Waals surface area contributed by atoms with Crippen molar-refractivity contribution in [3.8, 4) is 5.75 Å². The molecule has 0 fully saturated rings. The first-order valence-electron chi connectivity index (χ1n) is 4.98. The molecule has 2 rings (SSSR count). The molecule has 4 heteroatoms. The topological polar surface area (TPSA) is 47.0 Å². The lowest BCUT2D eigenvalue weighted by Crippen LogP contribution is -1.97. The molecule has 0 bridgehead atoms. The third-order valence-electron chi connectivity index (χ3n) is 2.15. The lowest BCUT2D eigenvalue weighted by Gasteiger charge is -2.09. The quantitative estimate of drug-likeness (QED) is 0.854. The summed E-state index contributed by atoms with van der Waals surface area (Å²) in [5.74, 6) is 1.49. The van der Waals surface area contributed by atoms with Gasteiger partial charge in [-0.2, -0.15) is 0 Å². The lowest BCUT2D eigenvalue weighted by atomic mass is 10.3. The van der Waals surface area contributed by atoms with Gasteiger partial charge in [-0.25, -0.2) is 4.98 Å². The Morgan fingerprint density at radius 1 is 1.12 bits per heavy atom.